The van der Waals surface area contributed by atoms with Crippen molar-refractivity contribution in [1.82, 2.24) is 4.90 Å². The number of halogens is 1. The van der Waals surface area contributed by atoms with Gasteiger partial charge in [-0.1, -0.05) is 6.07 Å². The Balaban J connectivity index is 1.69. The lowest BCUT2D eigenvalue weighted by Gasteiger charge is -2.24. The summed E-state index contributed by atoms with van der Waals surface area (Å²) in [5.74, 6) is -0.459. The molecule has 0 saturated carbocycles. The maximum Gasteiger partial charge on any atom is 0.247 e. The normalized spacial score (nSPS) is 16.5. The number of likely N-dealkylation sites (tertiary alicyclic amines) is 1. The Morgan fingerprint density at radius 2 is 2.23 bits per heavy atom. The summed E-state index contributed by atoms with van der Waals surface area (Å²) in [4.78, 5) is 27.9. The zero-order valence-corrected chi connectivity index (χ0v) is 15.4. The average molecular weight is 376 g/mol. The lowest BCUT2D eigenvalue weighted by atomic mass is 10.2. The number of hydrogen-bond acceptors (Lipinski definition) is 4. The number of ether oxygens (including phenoxy) is 1. The Morgan fingerprint density at radius 3 is 2.96 bits per heavy atom. The number of hydrogen-bond donors (Lipinski definition) is 1. The number of carbonyl (C=O) groups excluding carboxylic acids is 2. The van der Waals surface area contributed by atoms with Gasteiger partial charge in [-0.05, 0) is 43.3 Å². The summed E-state index contributed by atoms with van der Waals surface area (Å²) in [6, 6.07) is 7.30. The molecule has 26 heavy (non-hydrogen) atoms. The second-order valence-corrected chi connectivity index (χ2v) is 7.10. The Bertz CT molecular complexity index is 779. The monoisotopic (exact) mass is 376 g/mol. The van der Waals surface area contributed by atoms with Gasteiger partial charge in [-0.3, -0.25) is 9.59 Å². The highest BCUT2D eigenvalue weighted by molar-refractivity contribution is 7.10. The third-order valence-corrected chi connectivity index (χ3v) is 5.16. The fraction of sp³-hybridized carbons (Fsp3) is 0.368. The summed E-state index contributed by atoms with van der Waals surface area (Å²) in [5.41, 5.74) is 0.413. The summed E-state index contributed by atoms with van der Waals surface area (Å²) in [6.45, 7) is 2.73. The van der Waals surface area contributed by atoms with Gasteiger partial charge >= 0.3 is 0 Å². The second-order valence-electron chi connectivity index (χ2n) is 6.06. The molecule has 2 heterocycles. The van der Waals surface area contributed by atoms with E-state index in [0.29, 0.717) is 31.7 Å². The van der Waals surface area contributed by atoms with Crippen LogP contribution in [0.25, 0.3) is 0 Å². The first-order valence-electron chi connectivity index (χ1n) is 8.63. The van der Waals surface area contributed by atoms with Gasteiger partial charge < -0.3 is 15.0 Å². The highest BCUT2D eigenvalue weighted by Gasteiger charge is 2.34. The van der Waals surface area contributed by atoms with Gasteiger partial charge in [0.25, 0.3) is 0 Å². The molecule has 2 aromatic rings. The molecule has 1 N–H and O–H groups in total. The van der Waals surface area contributed by atoms with Gasteiger partial charge in [-0.25, -0.2) is 4.39 Å². The molecule has 0 spiro atoms. The van der Waals surface area contributed by atoms with E-state index in [0.717, 1.165) is 11.3 Å². The number of thiophene rings is 1. The molecule has 0 radical (unpaired) electrons. The molecule has 1 atom stereocenters. The first-order chi connectivity index (χ1) is 12.6. The van der Waals surface area contributed by atoms with Crippen molar-refractivity contribution < 1.29 is 18.7 Å². The molecule has 1 fully saturated rings. The van der Waals surface area contributed by atoms with Crippen molar-refractivity contribution in [3.63, 3.8) is 0 Å². The largest absolute Gasteiger partial charge is 0.492 e. The average Bonchev–Trinajstić information content (AvgIpc) is 3.28. The van der Waals surface area contributed by atoms with E-state index in [9.17, 15) is 14.0 Å². The first-order valence-corrected chi connectivity index (χ1v) is 9.51. The zero-order valence-electron chi connectivity index (χ0n) is 14.5. The van der Waals surface area contributed by atoms with Gasteiger partial charge in [0.15, 0.2) is 0 Å². The van der Waals surface area contributed by atoms with Crippen LogP contribution < -0.4 is 10.1 Å². The summed E-state index contributed by atoms with van der Waals surface area (Å²) in [5, 5.41) is 4.72. The van der Waals surface area contributed by atoms with Crippen LogP contribution in [-0.4, -0.2) is 35.9 Å². The highest BCUT2D eigenvalue weighted by atomic mass is 32.1. The first kappa shape index (κ1) is 18.4. The van der Waals surface area contributed by atoms with Gasteiger partial charge in [0.05, 0.1) is 18.7 Å². The topological polar surface area (TPSA) is 58.6 Å². The van der Waals surface area contributed by atoms with Crippen molar-refractivity contribution in [2.24, 2.45) is 0 Å². The standard InChI is InChI=1S/C19H21FN2O3S/c1-2-25-17-11-13(20)7-8-15(17)21-19(24)16-6-3-9-22(16)18(23)12-14-5-4-10-26-14/h4-5,7-8,10-11,16H,2-3,6,9,12H2,1H3,(H,21,24). The number of anilines is 1. The molecule has 1 aromatic carbocycles. The molecule has 1 aromatic heterocycles. The molecule has 1 saturated heterocycles. The van der Waals surface area contributed by atoms with E-state index < -0.39 is 11.9 Å². The molecule has 3 rings (SSSR count). The van der Waals surface area contributed by atoms with Gasteiger partial charge in [-0.2, -0.15) is 0 Å². The van der Waals surface area contributed by atoms with Crippen LogP contribution >= 0.6 is 11.3 Å². The Morgan fingerprint density at radius 1 is 1.38 bits per heavy atom. The lowest BCUT2D eigenvalue weighted by Crippen LogP contribution is -2.43. The van der Waals surface area contributed by atoms with E-state index in [1.165, 1.54) is 29.5 Å². The maximum atomic E-state index is 13.4. The van der Waals surface area contributed by atoms with E-state index in [1.807, 2.05) is 17.5 Å². The predicted octanol–water partition coefficient (Wildman–Crippen LogP) is 3.46. The predicted molar refractivity (Wildman–Crippen MR) is 99.0 cm³/mol. The van der Waals surface area contributed by atoms with Crippen molar-refractivity contribution in [2.45, 2.75) is 32.2 Å². The van der Waals surface area contributed by atoms with Crippen LogP contribution in [0.4, 0.5) is 10.1 Å². The molecular formula is C19H21FN2O3S. The Labute approximate surface area is 155 Å². The third-order valence-electron chi connectivity index (χ3n) is 4.28. The van der Waals surface area contributed by atoms with Gasteiger partial charge in [0.1, 0.15) is 17.6 Å². The highest BCUT2D eigenvalue weighted by Crippen LogP contribution is 2.27. The molecule has 138 valence electrons. The fourth-order valence-electron chi connectivity index (χ4n) is 3.09. The van der Waals surface area contributed by atoms with Crippen molar-refractivity contribution in [2.75, 3.05) is 18.5 Å². The number of nitrogens with one attached hydrogen (secondary N) is 1. The number of rotatable bonds is 6. The third kappa shape index (κ3) is 4.22. The quantitative estimate of drug-likeness (QED) is 0.840. The van der Waals surface area contributed by atoms with E-state index in [2.05, 4.69) is 5.32 Å². The van der Waals surface area contributed by atoms with Crippen LogP contribution in [-0.2, 0) is 16.0 Å². The van der Waals surface area contributed by atoms with Crippen LogP contribution in [0.1, 0.15) is 24.6 Å². The number of nitrogens with zero attached hydrogens (tertiary/aromatic N) is 1. The van der Waals surface area contributed by atoms with E-state index in [4.69, 9.17) is 4.74 Å². The number of amides is 2. The van der Waals surface area contributed by atoms with Gasteiger partial charge in [0.2, 0.25) is 11.8 Å². The summed E-state index contributed by atoms with van der Waals surface area (Å²) < 4.78 is 18.8. The van der Waals surface area contributed by atoms with Gasteiger partial charge in [-0.15, -0.1) is 11.3 Å². The minimum Gasteiger partial charge on any atom is -0.492 e. The molecule has 5 nitrogen and oxygen atoms in total. The Kier molecular flexibility index (Phi) is 5.88. The molecule has 1 aliphatic rings. The summed E-state index contributed by atoms with van der Waals surface area (Å²) in [6.07, 6.45) is 1.71. The van der Waals surface area contributed by atoms with Crippen LogP contribution in [0.5, 0.6) is 5.75 Å². The van der Waals surface area contributed by atoms with Crippen molar-refractivity contribution in [1.29, 1.82) is 0 Å². The number of benzene rings is 1. The number of carbonyl (C=O) groups is 2. The minimum absolute atomic E-state index is 0.0470. The summed E-state index contributed by atoms with van der Waals surface area (Å²) >= 11 is 1.53. The van der Waals surface area contributed by atoms with E-state index in [1.54, 1.807) is 11.8 Å². The molecule has 0 bridgehead atoms. The van der Waals surface area contributed by atoms with Crippen LogP contribution in [0.2, 0.25) is 0 Å². The van der Waals surface area contributed by atoms with Crippen molar-refractivity contribution >= 4 is 28.8 Å². The van der Waals surface area contributed by atoms with E-state index >= 15 is 0 Å². The van der Waals surface area contributed by atoms with Gasteiger partial charge in [0, 0.05) is 17.5 Å². The van der Waals surface area contributed by atoms with Crippen LogP contribution in [0, 0.1) is 5.82 Å². The SMILES string of the molecule is CCOc1cc(F)ccc1NC(=O)C1CCCN1C(=O)Cc1cccs1. The molecular weight excluding hydrogens is 355 g/mol. The van der Waals surface area contributed by atoms with Crippen molar-refractivity contribution in [3.8, 4) is 5.75 Å². The zero-order chi connectivity index (χ0) is 18.5. The molecule has 1 aliphatic heterocycles. The smallest absolute Gasteiger partial charge is 0.247 e. The van der Waals surface area contributed by atoms with Crippen molar-refractivity contribution in [3.05, 3.63) is 46.4 Å². The minimum atomic E-state index is -0.512. The fourth-order valence-corrected chi connectivity index (χ4v) is 3.79. The van der Waals surface area contributed by atoms with Crippen LogP contribution in [0.15, 0.2) is 35.7 Å². The Hall–Kier alpha value is -2.41. The maximum absolute atomic E-state index is 13.4. The molecule has 0 aliphatic carbocycles. The molecule has 2 amide bonds. The lowest BCUT2D eigenvalue weighted by molar-refractivity contribution is -0.136. The van der Waals surface area contributed by atoms with E-state index in [-0.39, 0.29) is 17.6 Å². The van der Waals surface area contributed by atoms with Crippen LogP contribution in [0.3, 0.4) is 0 Å². The molecule has 1 unspecified atom stereocenters. The summed E-state index contributed by atoms with van der Waals surface area (Å²) in [7, 11) is 0. The second kappa shape index (κ2) is 8.31. The molecule has 7 heteroatoms.